The van der Waals surface area contributed by atoms with Crippen LogP contribution in [-0.2, 0) is 11.3 Å². The largest absolute Gasteiger partial charge is 0.519 e. The summed E-state index contributed by atoms with van der Waals surface area (Å²) in [4.78, 5) is 43.5. The van der Waals surface area contributed by atoms with E-state index in [0.717, 1.165) is 13.0 Å². The van der Waals surface area contributed by atoms with Crippen LogP contribution in [0, 0.1) is 30.9 Å². The van der Waals surface area contributed by atoms with Gasteiger partial charge < -0.3 is 28.3 Å². The third-order valence-corrected chi connectivity index (χ3v) is 10.9. The van der Waals surface area contributed by atoms with Gasteiger partial charge in [-0.15, -0.1) is 6.42 Å². The molecule has 4 fully saturated rings. The summed E-state index contributed by atoms with van der Waals surface area (Å²) < 4.78 is 64.3. The number of carbonyl (C=O) groups is 1. The van der Waals surface area contributed by atoms with Gasteiger partial charge in [0.1, 0.15) is 34.8 Å². The number of pyridine rings is 1. The van der Waals surface area contributed by atoms with E-state index in [-0.39, 0.29) is 75.1 Å². The molecule has 4 saturated heterocycles. The normalized spacial score (nSPS) is 21.7. The summed E-state index contributed by atoms with van der Waals surface area (Å²) in [7, 11) is 1.36. The molecule has 1 amide bonds. The number of alkyl halides is 1. The summed E-state index contributed by atoms with van der Waals surface area (Å²) >= 11 is 0. The molecule has 55 heavy (non-hydrogen) atoms. The molecule has 16 heteroatoms. The molecule has 9 rings (SSSR count). The van der Waals surface area contributed by atoms with Crippen molar-refractivity contribution in [3.8, 4) is 35.4 Å². The zero-order valence-electron chi connectivity index (χ0n) is 30.1. The van der Waals surface area contributed by atoms with Crippen LogP contribution in [0.25, 0.3) is 32.9 Å². The number of phenolic OH excluding ortho intramolecular Hbond substituents is 1. The lowest BCUT2D eigenvalue weighted by Crippen LogP contribution is -2.56. The maximum absolute atomic E-state index is 16.4. The van der Waals surface area contributed by atoms with E-state index in [9.17, 15) is 23.5 Å². The third-order valence-electron chi connectivity index (χ3n) is 10.9. The highest BCUT2D eigenvalue weighted by Crippen LogP contribution is 2.40. The predicted octanol–water partition coefficient (Wildman–Crippen LogP) is 5.86. The van der Waals surface area contributed by atoms with Crippen molar-refractivity contribution in [2.45, 2.75) is 69.9 Å². The lowest BCUT2D eigenvalue weighted by molar-refractivity contribution is 0.0679. The maximum Gasteiger partial charge on any atom is 0.519 e. The number of methoxy groups -OCH3 is 1. The Morgan fingerprint density at radius 2 is 1.87 bits per heavy atom. The molecule has 2 aromatic carbocycles. The molecule has 7 heterocycles. The molecule has 4 unspecified atom stereocenters. The first-order chi connectivity index (χ1) is 26.5. The number of nitrogens with zero attached hydrogens (tertiary/aromatic N) is 6. The molecule has 2 bridgehead atoms. The van der Waals surface area contributed by atoms with Gasteiger partial charge in [-0.25, -0.2) is 22.8 Å². The van der Waals surface area contributed by atoms with E-state index in [1.807, 2.05) is 4.90 Å². The zero-order chi connectivity index (χ0) is 38.5. The first kappa shape index (κ1) is 36.2. The average Bonchev–Trinajstić information content (AvgIpc) is 3.91. The van der Waals surface area contributed by atoms with Crippen LogP contribution in [0.2, 0.25) is 0 Å². The Hall–Kier alpha value is -5.82. The maximum atomic E-state index is 16.4. The van der Waals surface area contributed by atoms with Gasteiger partial charge in [-0.3, -0.25) is 14.8 Å². The summed E-state index contributed by atoms with van der Waals surface area (Å²) in [5.74, 6) is 0.484. The third kappa shape index (κ3) is 6.66. The number of hydrogen-bond acceptors (Lipinski definition) is 12. The molecule has 0 radical (unpaired) electrons. The number of terminal acetylenes is 1. The van der Waals surface area contributed by atoms with Gasteiger partial charge in [-0.05, 0) is 69.2 Å². The summed E-state index contributed by atoms with van der Waals surface area (Å²) in [5, 5.41) is 11.3. The number of piperazine rings is 1. The summed E-state index contributed by atoms with van der Waals surface area (Å²) in [6, 6.07) is 5.33. The number of halogens is 3. The molecular weight excluding hydrogens is 721 g/mol. The van der Waals surface area contributed by atoms with E-state index < -0.39 is 29.7 Å². The van der Waals surface area contributed by atoms with Gasteiger partial charge in [0, 0.05) is 42.8 Å². The first-order valence-electron chi connectivity index (χ1n) is 18.0. The highest BCUT2D eigenvalue weighted by Gasteiger charge is 2.44. The molecule has 5 aromatic rings. The molecule has 0 spiro atoms. The number of hydrogen-bond donors (Lipinski definition) is 1. The van der Waals surface area contributed by atoms with Crippen LogP contribution >= 0.6 is 0 Å². The van der Waals surface area contributed by atoms with Gasteiger partial charge in [0.15, 0.2) is 23.9 Å². The van der Waals surface area contributed by atoms with Crippen molar-refractivity contribution in [3.63, 3.8) is 0 Å². The molecule has 4 aliphatic heterocycles. The molecule has 286 valence electrons. The first-order valence-corrected chi connectivity index (χ1v) is 18.0. The van der Waals surface area contributed by atoms with Gasteiger partial charge in [-0.2, -0.15) is 9.97 Å². The molecule has 0 aliphatic carbocycles. The Labute approximate surface area is 312 Å². The quantitative estimate of drug-likeness (QED) is 0.214. The van der Waals surface area contributed by atoms with Crippen molar-refractivity contribution < 1.29 is 41.4 Å². The van der Waals surface area contributed by atoms with Crippen LogP contribution in [0.3, 0.4) is 0 Å². The van der Waals surface area contributed by atoms with Gasteiger partial charge >= 0.3 is 17.9 Å². The number of aryl methyl sites for hydroxylation is 1. The van der Waals surface area contributed by atoms with Crippen LogP contribution in [0.1, 0.15) is 49.2 Å². The lowest BCUT2D eigenvalue weighted by Gasteiger charge is -2.41. The van der Waals surface area contributed by atoms with E-state index in [0.29, 0.717) is 49.7 Å². The fourth-order valence-electron chi connectivity index (χ4n) is 8.40. The number of benzene rings is 2. The van der Waals surface area contributed by atoms with E-state index in [2.05, 4.69) is 25.8 Å². The van der Waals surface area contributed by atoms with Crippen molar-refractivity contribution in [1.82, 2.24) is 24.8 Å². The Bertz CT molecular complexity index is 2390. The smallest absolute Gasteiger partial charge is 0.508 e. The summed E-state index contributed by atoms with van der Waals surface area (Å²) in [5.41, 5.74) is -0.297. The minimum absolute atomic E-state index is 0.0916. The number of phenols is 1. The number of aromatic nitrogens is 3. The molecule has 4 atom stereocenters. The summed E-state index contributed by atoms with van der Waals surface area (Å²) in [6.07, 6.45) is 10.7. The Balaban J connectivity index is 0.000000413. The van der Waals surface area contributed by atoms with Gasteiger partial charge in [0.25, 0.3) is 0 Å². The van der Waals surface area contributed by atoms with E-state index in [4.69, 9.17) is 24.7 Å². The van der Waals surface area contributed by atoms with Crippen LogP contribution in [0.4, 0.5) is 23.8 Å². The Morgan fingerprint density at radius 1 is 1.09 bits per heavy atom. The highest BCUT2D eigenvalue weighted by atomic mass is 19.1. The molecular formula is C39H37F3N6O7. The van der Waals surface area contributed by atoms with E-state index in [1.54, 1.807) is 4.90 Å². The molecule has 1 N–H and O–H groups in total. The van der Waals surface area contributed by atoms with Crippen LogP contribution in [0.5, 0.6) is 11.8 Å². The number of rotatable bonds is 5. The lowest BCUT2D eigenvalue weighted by atomic mass is 9.96. The minimum Gasteiger partial charge on any atom is -0.508 e. The van der Waals surface area contributed by atoms with Crippen molar-refractivity contribution in [2.24, 2.45) is 0 Å². The number of aromatic hydroxyl groups is 1. The number of fused-ring (bicyclic) bond motifs is 5. The van der Waals surface area contributed by atoms with Gasteiger partial charge in [-0.1, -0.05) is 12.0 Å². The van der Waals surface area contributed by atoms with Gasteiger partial charge in [0.2, 0.25) is 0 Å². The monoisotopic (exact) mass is 758 g/mol. The predicted molar refractivity (Wildman–Crippen MR) is 193 cm³/mol. The molecule has 0 saturated carbocycles. The van der Waals surface area contributed by atoms with E-state index in [1.165, 1.54) is 57.3 Å². The van der Waals surface area contributed by atoms with Crippen molar-refractivity contribution in [1.29, 1.82) is 0 Å². The zero-order valence-corrected chi connectivity index (χ0v) is 30.1. The SMILES string of the molecule is C#Cc1c(F)ccc2cc(O)cc(-c3ncc4c(N5CC6CCC(C5)N6C(=O)OCc5oc(=O)oc5C)nc(OC)nc4c3F)c12.FC1CC2CCCN2C1. The van der Waals surface area contributed by atoms with Gasteiger partial charge in [0.05, 0.1) is 30.1 Å². The second-order valence-electron chi connectivity index (χ2n) is 14.2. The minimum atomic E-state index is -0.871. The van der Waals surface area contributed by atoms with Crippen LogP contribution in [-0.4, -0.2) is 93.5 Å². The molecule has 3 aromatic heterocycles. The van der Waals surface area contributed by atoms with Crippen LogP contribution in [0.15, 0.2) is 44.1 Å². The van der Waals surface area contributed by atoms with Crippen molar-refractivity contribution in [3.05, 3.63) is 69.8 Å². The number of ether oxygens (including phenoxy) is 2. The highest BCUT2D eigenvalue weighted by molar-refractivity contribution is 6.03. The van der Waals surface area contributed by atoms with Crippen LogP contribution < -0.4 is 15.5 Å². The Kier molecular flexibility index (Phi) is 9.50. The van der Waals surface area contributed by atoms with Crippen molar-refractivity contribution in [2.75, 3.05) is 38.2 Å². The average molecular weight is 759 g/mol. The number of carbonyl (C=O) groups excluding carboxylic acids is 1. The second-order valence-corrected chi connectivity index (χ2v) is 14.2. The fourth-order valence-corrected chi connectivity index (χ4v) is 8.40. The molecule has 4 aliphatic rings. The van der Waals surface area contributed by atoms with Crippen molar-refractivity contribution >= 4 is 33.6 Å². The fraction of sp³-hybridized carbons (Fsp3) is 0.410. The Morgan fingerprint density at radius 3 is 2.56 bits per heavy atom. The summed E-state index contributed by atoms with van der Waals surface area (Å²) in [6.45, 7) is 3.85. The van der Waals surface area contributed by atoms with E-state index >= 15 is 4.39 Å². The number of amides is 1. The number of anilines is 1. The second kappa shape index (κ2) is 14.4. The standard InChI is InChI=1S/C32H25F2N5O7.C7H12FN/c1-4-20-23(33)8-5-16-9-19(40)10-21(25(16)20)27-26(34)28-22(11-35-27)29(37-30(36-28)43-3)38-12-17-6-7-18(13-38)39(17)31(41)44-14-24-15(2)45-32(42)46-24;8-6-4-7-2-1-3-9(7)5-6/h1,5,8-11,17-18,40H,6-7,12-14H2,2-3H3;6-7H,1-5H2. The molecule has 13 nitrogen and oxygen atoms in total. The topological polar surface area (TPSA) is 148 Å².